The van der Waals surface area contributed by atoms with Gasteiger partial charge in [-0.25, -0.2) is 0 Å². The third-order valence-electron chi connectivity index (χ3n) is 17.9. The molecule has 2 N–H and O–H groups in total. The predicted molar refractivity (Wildman–Crippen MR) is 272 cm³/mol. The minimum absolute atomic E-state index is 0.00697. The summed E-state index contributed by atoms with van der Waals surface area (Å²) in [7, 11) is 0. The van der Waals surface area contributed by atoms with Crippen LogP contribution in [0.2, 0.25) is 0 Å². The molecule has 0 saturated heterocycles. The zero-order valence-corrected chi connectivity index (χ0v) is 46.3. The first-order valence-electron chi connectivity index (χ1n) is 23.6. The van der Waals surface area contributed by atoms with Crippen molar-refractivity contribution in [2.45, 2.75) is 233 Å². The van der Waals surface area contributed by atoms with Crippen molar-refractivity contribution in [3.63, 3.8) is 0 Å². The van der Waals surface area contributed by atoms with E-state index in [0.717, 1.165) is 30.8 Å². The predicted octanol–water partition coefficient (Wildman–Crippen LogP) is 16.4. The summed E-state index contributed by atoms with van der Waals surface area (Å²) in [5.74, 6) is 2.67. The second-order valence-corrected chi connectivity index (χ2v) is 29.6. The van der Waals surface area contributed by atoms with Crippen LogP contribution in [0.4, 0.5) is 0 Å². The standard InChI is InChI=1S/C55H104O2S2/c1-38(2)43(58-30-28-56)46(8,9)35-47(10,11)48(12,13)36-49(14,15)52(20,21)41-32-40(45(5,6)7)33-42(34-41)53(22,23)50(16,17)37-51(18,19)55(26,27)54(24,25)44(39(3)4)59-31-29-57/h32-34,38-39,43-44,56-57H,28-31,35-37H2,1-27H3. The first kappa shape index (κ1) is 56.9. The third kappa shape index (κ3) is 12.4. The average Bonchev–Trinajstić information content (AvgIpc) is 3.02. The van der Waals surface area contributed by atoms with E-state index in [0.29, 0.717) is 22.3 Å². The monoisotopic (exact) mass is 861 g/mol. The van der Waals surface area contributed by atoms with Gasteiger partial charge >= 0.3 is 0 Å². The molecule has 2 unspecified atom stereocenters. The van der Waals surface area contributed by atoms with Crippen LogP contribution in [-0.4, -0.2) is 45.4 Å². The zero-order chi connectivity index (χ0) is 47.0. The minimum atomic E-state index is -0.0996. The van der Waals surface area contributed by atoms with E-state index in [2.05, 4.69) is 205 Å². The highest BCUT2D eigenvalue weighted by Crippen LogP contribution is 2.62. The van der Waals surface area contributed by atoms with Crippen molar-refractivity contribution < 1.29 is 10.2 Å². The molecule has 1 aromatic rings. The normalized spacial score (nSPS) is 16.3. The van der Waals surface area contributed by atoms with Crippen LogP contribution in [0.5, 0.6) is 0 Å². The molecule has 0 aliphatic rings. The van der Waals surface area contributed by atoms with Crippen molar-refractivity contribution in [3.05, 3.63) is 34.9 Å². The molecule has 0 radical (unpaired) electrons. The summed E-state index contributed by atoms with van der Waals surface area (Å²) in [4.78, 5) is 0. The van der Waals surface area contributed by atoms with Gasteiger partial charge in [0.1, 0.15) is 0 Å². The molecule has 1 rings (SSSR count). The highest BCUT2D eigenvalue weighted by molar-refractivity contribution is 8.00. The van der Waals surface area contributed by atoms with E-state index >= 15 is 0 Å². The number of hydrogen-bond donors (Lipinski definition) is 2. The maximum absolute atomic E-state index is 9.80. The van der Waals surface area contributed by atoms with E-state index in [9.17, 15) is 10.2 Å². The summed E-state index contributed by atoms with van der Waals surface area (Å²) < 4.78 is 0. The van der Waals surface area contributed by atoms with Gasteiger partial charge in [0.05, 0.1) is 13.2 Å². The molecule has 348 valence electrons. The van der Waals surface area contributed by atoms with Gasteiger partial charge in [0.15, 0.2) is 0 Å². The fourth-order valence-electron chi connectivity index (χ4n) is 11.3. The lowest BCUT2D eigenvalue weighted by molar-refractivity contribution is -0.0615. The highest BCUT2D eigenvalue weighted by Gasteiger charge is 2.55. The second-order valence-electron chi connectivity index (χ2n) is 27.1. The van der Waals surface area contributed by atoms with Gasteiger partial charge in [-0.05, 0) is 107 Å². The summed E-state index contributed by atoms with van der Waals surface area (Å²) in [6.07, 6.45) is 3.35. The molecule has 4 heteroatoms. The van der Waals surface area contributed by atoms with Crippen LogP contribution in [-0.2, 0) is 16.2 Å². The Morgan fingerprint density at radius 2 is 0.746 bits per heavy atom. The molecule has 0 bridgehead atoms. The lowest BCUT2D eigenvalue weighted by Gasteiger charge is -2.59. The molecule has 0 amide bonds. The van der Waals surface area contributed by atoms with Gasteiger partial charge in [0.2, 0.25) is 0 Å². The van der Waals surface area contributed by atoms with Crippen molar-refractivity contribution in [2.75, 3.05) is 24.7 Å². The molecule has 0 heterocycles. The Bertz CT molecular complexity index is 1470. The van der Waals surface area contributed by atoms with Gasteiger partial charge in [0, 0.05) is 22.0 Å². The number of thioether (sulfide) groups is 2. The van der Waals surface area contributed by atoms with Crippen molar-refractivity contribution in [2.24, 2.45) is 55.2 Å². The van der Waals surface area contributed by atoms with E-state index in [-0.39, 0.29) is 72.8 Å². The van der Waals surface area contributed by atoms with Crippen LogP contribution in [0.15, 0.2) is 18.2 Å². The molecule has 2 nitrogen and oxygen atoms in total. The number of benzene rings is 1. The SMILES string of the molecule is CC(C)C(SCCO)C(C)(C)CC(C)(C)C(C)(C)CC(C)(C)C(C)(C)c1cc(C(C)(C)C)cc(C(C)(C)C(C)(C)CC(C)(C)C(C)(C)C(C)(C)C(SCCO)C(C)C)c1. The van der Waals surface area contributed by atoms with E-state index in [4.69, 9.17) is 0 Å². The molecule has 1 aromatic carbocycles. The Morgan fingerprint density at radius 1 is 0.424 bits per heavy atom. The Kier molecular flexibility index (Phi) is 18.4. The molecule has 0 saturated carbocycles. The first-order chi connectivity index (χ1) is 26.0. The summed E-state index contributed by atoms with van der Waals surface area (Å²) >= 11 is 3.92. The van der Waals surface area contributed by atoms with Crippen LogP contribution in [0.3, 0.4) is 0 Å². The summed E-state index contributed by atoms with van der Waals surface area (Å²) in [5, 5.41) is 20.5. The fraction of sp³-hybridized carbons (Fsp3) is 0.891. The van der Waals surface area contributed by atoms with Crippen molar-refractivity contribution >= 4 is 23.5 Å². The number of aliphatic hydroxyl groups excluding tert-OH is 2. The second kappa shape index (κ2) is 19.1. The third-order valence-corrected chi connectivity index (χ3v) is 21.8. The van der Waals surface area contributed by atoms with E-state index in [1.54, 1.807) is 0 Å². The van der Waals surface area contributed by atoms with Gasteiger partial charge in [-0.1, -0.05) is 205 Å². The number of rotatable bonds is 23. The van der Waals surface area contributed by atoms with Crippen LogP contribution in [0, 0.1) is 55.2 Å². The number of hydrogen-bond acceptors (Lipinski definition) is 4. The smallest absolute Gasteiger partial charge is 0.0521 e. The summed E-state index contributed by atoms with van der Waals surface area (Å²) in [6, 6.07) is 7.74. The van der Waals surface area contributed by atoms with Crippen LogP contribution in [0.25, 0.3) is 0 Å². The molecule has 0 fully saturated rings. The quantitative estimate of drug-likeness (QED) is 0.115. The largest absolute Gasteiger partial charge is 0.396 e. The fourth-order valence-corrected chi connectivity index (χ4v) is 14.0. The van der Waals surface area contributed by atoms with Crippen LogP contribution >= 0.6 is 23.5 Å². The minimum Gasteiger partial charge on any atom is -0.396 e. The molecular weight excluding hydrogens is 757 g/mol. The lowest BCUT2D eigenvalue weighted by atomic mass is 9.47. The Labute approximate surface area is 379 Å². The molecular formula is C55H104O2S2. The maximum Gasteiger partial charge on any atom is 0.0521 e. The van der Waals surface area contributed by atoms with E-state index in [1.165, 1.54) is 16.7 Å². The van der Waals surface area contributed by atoms with Gasteiger partial charge in [-0.2, -0.15) is 23.5 Å². The van der Waals surface area contributed by atoms with Crippen molar-refractivity contribution in [3.8, 4) is 0 Å². The van der Waals surface area contributed by atoms with Crippen molar-refractivity contribution in [1.29, 1.82) is 0 Å². The zero-order valence-electron chi connectivity index (χ0n) is 44.7. The van der Waals surface area contributed by atoms with E-state index in [1.807, 2.05) is 23.5 Å². The van der Waals surface area contributed by atoms with Gasteiger partial charge in [-0.15, -0.1) is 0 Å². The highest BCUT2D eigenvalue weighted by atomic mass is 32.2. The Hall–Kier alpha value is -0.160. The topological polar surface area (TPSA) is 40.5 Å². The van der Waals surface area contributed by atoms with Crippen molar-refractivity contribution in [1.82, 2.24) is 0 Å². The average molecular weight is 862 g/mol. The molecule has 0 aromatic heterocycles. The van der Waals surface area contributed by atoms with Gasteiger partial charge in [-0.3, -0.25) is 0 Å². The molecule has 0 aliphatic carbocycles. The summed E-state index contributed by atoms with van der Waals surface area (Å²) in [5.41, 5.74) is 4.61. The van der Waals surface area contributed by atoms with Gasteiger partial charge < -0.3 is 10.2 Å². The van der Waals surface area contributed by atoms with E-state index < -0.39 is 0 Å². The van der Waals surface area contributed by atoms with Crippen LogP contribution < -0.4 is 0 Å². The Balaban J connectivity index is 3.84. The number of aliphatic hydroxyl groups is 2. The summed E-state index contributed by atoms with van der Waals surface area (Å²) in [6.45, 7) is 67.5. The first-order valence-corrected chi connectivity index (χ1v) is 25.7. The molecule has 0 spiro atoms. The Morgan fingerprint density at radius 3 is 1.08 bits per heavy atom. The van der Waals surface area contributed by atoms with Crippen LogP contribution in [0.1, 0.15) is 223 Å². The molecule has 59 heavy (non-hydrogen) atoms. The van der Waals surface area contributed by atoms with Gasteiger partial charge in [0.25, 0.3) is 0 Å². The lowest BCUT2D eigenvalue weighted by Crippen LogP contribution is -2.53. The molecule has 2 atom stereocenters. The molecule has 0 aliphatic heterocycles. The maximum atomic E-state index is 9.80.